The van der Waals surface area contributed by atoms with Gasteiger partial charge in [-0.05, 0) is 152 Å². The quantitative estimate of drug-likeness (QED) is 0.149. The van der Waals surface area contributed by atoms with Crippen LogP contribution in [0.1, 0.15) is 92.2 Å². The summed E-state index contributed by atoms with van der Waals surface area (Å²) in [5.74, 6) is 0.813. The SMILES string of the molecule is [2H]C([2H])([2H])c1cc(-n2c(-c3cc(C(C)C)cc(C(C)C)c3O)nc3c(-c4cc(-c5ccccc5)cc(-c5cc(-c6ccc(C)cc6)ccn5)c4)cccc32)c(-c2ccccc2)cc1-c1ccc(C(C)(C)C)cc1. The van der Waals surface area contributed by atoms with Crippen LogP contribution >= 0.6 is 0 Å². The number of hydrogen-bond donors (Lipinski definition) is 1. The molecule has 4 heteroatoms. The maximum Gasteiger partial charge on any atom is 0.149 e. The van der Waals surface area contributed by atoms with Gasteiger partial charge in [-0.3, -0.25) is 9.55 Å². The Hall–Kier alpha value is -7.82. The molecule has 0 fully saturated rings. The molecule has 0 aliphatic rings. The molecule has 0 amide bonds. The molecule has 0 saturated carbocycles. The van der Waals surface area contributed by atoms with Crippen LogP contribution in [0.5, 0.6) is 5.75 Å². The van der Waals surface area contributed by atoms with Crippen molar-refractivity contribution in [2.45, 2.75) is 79.5 Å². The summed E-state index contributed by atoms with van der Waals surface area (Å²) in [6, 6.07) is 62.4. The van der Waals surface area contributed by atoms with E-state index in [1.807, 2.05) is 60.8 Å². The van der Waals surface area contributed by atoms with Crippen LogP contribution in [0.25, 0.3) is 95.0 Å². The molecule has 0 spiro atoms. The van der Waals surface area contributed by atoms with Crippen LogP contribution in [0.2, 0.25) is 0 Å². The zero-order chi connectivity index (χ0) is 51.3. The van der Waals surface area contributed by atoms with Gasteiger partial charge in [0.15, 0.2) is 0 Å². The lowest BCUT2D eigenvalue weighted by atomic mass is 9.85. The van der Waals surface area contributed by atoms with E-state index in [4.69, 9.17) is 14.1 Å². The van der Waals surface area contributed by atoms with Crippen molar-refractivity contribution in [1.82, 2.24) is 14.5 Å². The molecule has 0 radical (unpaired) electrons. The van der Waals surface area contributed by atoms with Crippen molar-refractivity contribution < 1.29 is 9.22 Å². The van der Waals surface area contributed by atoms with Crippen molar-refractivity contribution >= 4 is 11.0 Å². The number of rotatable bonds is 10. The first-order valence-electron chi connectivity index (χ1n) is 25.9. The fourth-order valence-electron chi connectivity index (χ4n) is 9.63. The third-order valence-corrected chi connectivity index (χ3v) is 13.7. The summed E-state index contributed by atoms with van der Waals surface area (Å²) in [5.41, 5.74) is 18.1. The lowest BCUT2D eigenvalue weighted by molar-refractivity contribution is 0.466. The Morgan fingerprint density at radius 3 is 1.84 bits per heavy atom. The second kappa shape index (κ2) is 18.6. The molecular formula is C66H61N3O. The van der Waals surface area contributed by atoms with Crippen molar-refractivity contribution in [3.05, 3.63) is 216 Å². The number of fused-ring (bicyclic) bond motifs is 1. The van der Waals surface area contributed by atoms with E-state index >= 15 is 0 Å². The normalized spacial score (nSPS) is 12.6. The topological polar surface area (TPSA) is 50.9 Å². The van der Waals surface area contributed by atoms with E-state index in [0.29, 0.717) is 28.2 Å². The molecule has 0 atom stereocenters. The van der Waals surface area contributed by atoms with Gasteiger partial charge >= 0.3 is 0 Å². The summed E-state index contributed by atoms with van der Waals surface area (Å²) in [6.07, 6.45) is 1.88. The number of pyridine rings is 1. The van der Waals surface area contributed by atoms with Crippen LogP contribution in [0.4, 0.5) is 0 Å². The van der Waals surface area contributed by atoms with Crippen LogP contribution in [0.15, 0.2) is 188 Å². The minimum absolute atomic E-state index is 0.00843. The Morgan fingerprint density at radius 1 is 0.529 bits per heavy atom. The number of imidazole rings is 1. The second-order valence-electron chi connectivity index (χ2n) is 20.3. The Kier molecular flexibility index (Phi) is 11.2. The van der Waals surface area contributed by atoms with Crippen LogP contribution in [-0.4, -0.2) is 19.6 Å². The molecule has 0 saturated heterocycles. The summed E-state index contributed by atoms with van der Waals surface area (Å²) in [4.78, 5) is 10.6. The highest BCUT2D eigenvalue weighted by molar-refractivity contribution is 5.99. The molecule has 4 nitrogen and oxygen atoms in total. The number of benzene rings is 8. The van der Waals surface area contributed by atoms with Crippen molar-refractivity contribution in [3.63, 3.8) is 0 Å². The largest absolute Gasteiger partial charge is 0.507 e. The fraction of sp³-hybridized carbons (Fsp3) is 0.182. The van der Waals surface area contributed by atoms with Gasteiger partial charge in [0.1, 0.15) is 11.6 Å². The Bertz CT molecular complexity index is 3640. The molecule has 0 bridgehead atoms. The Morgan fingerprint density at radius 2 is 1.17 bits per heavy atom. The fourth-order valence-corrected chi connectivity index (χ4v) is 9.63. The second-order valence-corrected chi connectivity index (χ2v) is 20.3. The van der Waals surface area contributed by atoms with Crippen LogP contribution in [0.3, 0.4) is 0 Å². The summed E-state index contributed by atoms with van der Waals surface area (Å²) < 4.78 is 29.5. The van der Waals surface area contributed by atoms with Crippen LogP contribution < -0.4 is 0 Å². The lowest BCUT2D eigenvalue weighted by Gasteiger charge is -2.22. The minimum Gasteiger partial charge on any atom is -0.507 e. The number of aromatic hydroxyl groups is 1. The third kappa shape index (κ3) is 8.87. The standard InChI is InChI=1S/C66H61N3O/c1-41(2)50-37-56(42(3)4)64(70)59(38-50)65-68-63-55(52-34-51(45-17-12-10-13-18-45)35-53(36-52)60-39-49(31-32-67-60)46-25-23-43(5)24-26-46)21-16-22-61(63)69(65)62-33-44(6)57(40-58(62)47-19-14-11-15-20-47)48-27-29-54(30-28-48)66(7,8)9/h10-42,70H,1-9H3/i6D3. The predicted octanol–water partition coefficient (Wildman–Crippen LogP) is 18.0. The molecular weight excluding hydrogens is 851 g/mol. The van der Waals surface area contributed by atoms with Crippen molar-refractivity contribution in [3.8, 4) is 89.7 Å². The minimum atomic E-state index is -2.49. The number of nitrogens with zero attached hydrogens (tertiary/aromatic N) is 3. The molecule has 10 aromatic rings. The number of hydrogen-bond acceptors (Lipinski definition) is 3. The maximum atomic E-state index is 12.5. The molecule has 8 aromatic carbocycles. The van der Waals surface area contributed by atoms with Gasteiger partial charge in [-0.15, -0.1) is 0 Å². The molecule has 0 aliphatic heterocycles. The highest BCUT2D eigenvalue weighted by Gasteiger charge is 2.26. The zero-order valence-electron chi connectivity index (χ0n) is 44.3. The summed E-state index contributed by atoms with van der Waals surface area (Å²) in [5, 5.41) is 12.5. The first kappa shape index (κ1) is 42.3. The van der Waals surface area contributed by atoms with Gasteiger partial charge in [0.25, 0.3) is 0 Å². The van der Waals surface area contributed by atoms with Gasteiger partial charge in [-0.2, -0.15) is 0 Å². The van der Waals surface area contributed by atoms with E-state index in [9.17, 15) is 5.11 Å². The Labute approximate surface area is 418 Å². The number of para-hydroxylation sites is 1. The van der Waals surface area contributed by atoms with Crippen molar-refractivity contribution in [2.75, 3.05) is 0 Å². The average Bonchev–Trinajstić information content (AvgIpc) is 3.78. The number of phenols is 1. The smallest absolute Gasteiger partial charge is 0.149 e. The lowest BCUT2D eigenvalue weighted by Crippen LogP contribution is -2.10. The molecule has 2 aromatic heterocycles. The first-order chi connectivity index (χ1) is 34.9. The molecule has 346 valence electrons. The molecule has 0 aliphatic carbocycles. The van der Waals surface area contributed by atoms with Crippen LogP contribution in [-0.2, 0) is 5.41 Å². The Balaban J connectivity index is 1.29. The summed E-state index contributed by atoms with van der Waals surface area (Å²) in [6.45, 7) is 14.6. The zero-order valence-corrected chi connectivity index (χ0v) is 41.3. The monoisotopic (exact) mass is 915 g/mol. The molecule has 1 N–H and O–H groups in total. The highest BCUT2D eigenvalue weighted by Crippen LogP contribution is 2.45. The third-order valence-electron chi connectivity index (χ3n) is 13.7. The molecule has 70 heavy (non-hydrogen) atoms. The van der Waals surface area contributed by atoms with Gasteiger partial charge < -0.3 is 5.11 Å². The van der Waals surface area contributed by atoms with E-state index < -0.39 is 6.85 Å². The number of aromatic nitrogens is 3. The van der Waals surface area contributed by atoms with E-state index in [2.05, 4.69) is 187 Å². The number of aryl methyl sites for hydroxylation is 2. The average molecular weight is 915 g/mol. The van der Waals surface area contributed by atoms with Gasteiger partial charge in [-0.25, -0.2) is 4.98 Å². The summed E-state index contributed by atoms with van der Waals surface area (Å²) >= 11 is 0. The number of phenolic OH excluding ortho intramolecular Hbond substituents is 1. The van der Waals surface area contributed by atoms with Crippen molar-refractivity contribution in [1.29, 1.82) is 0 Å². The van der Waals surface area contributed by atoms with E-state index in [1.165, 1.54) is 5.56 Å². The van der Waals surface area contributed by atoms with E-state index in [-0.39, 0.29) is 28.6 Å². The van der Waals surface area contributed by atoms with Crippen LogP contribution in [0, 0.1) is 13.8 Å². The molecule has 0 unspecified atom stereocenters. The van der Waals surface area contributed by atoms with Gasteiger partial charge in [-0.1, -0.05) is 181 Å². The first-order valence-corrected chi connectivity index (χ1v) is 24.4. The maximum absolute atomic E-state index is 12.5. The van der Waals surface area contributed by atoms with E-state index in [0.717, 1.165) is 83.5 Å². The van der Waals surface area contributed by atoms with E-state index in [1.54, 1.807) is 0 Å². The van der Waals surface area contributed by atoms with Gasteiger partial charge in [0.2, 0.25) is 0 Å². The molecule has 10 rings (SSSR count). The van der Waals surface area contributed by atoms with Gasteiger partial charge in [0, 0.05) is 27.0 Å². The molecule has 2 heterocycles. The summed E-state index contributed by atoms with van der Waals surface area (Å²) in [7, 11) is 0. The predicted molar refractivity (Wildman–Crippen MR) is 295 cm³/mol. The van der Waals surface area contributed by atoms with Crippen molar-refractivity contribution in [2.24, 2.45) is 0 Å². The highest BCUT2D eigenvalue weighted by atomic mass is 16.3. The van der Waals surface area contributed by atoms with Gasteiger partial charge in [0.05, 0.1) is 28.0 Å².